The molecule has 1 amide bonds. The van der Waals surface area contributed by atoms with Crippen LogP contribution in [0.4, 0.5) is 0 Å². The fourth-order valence-corrected chi connectivity index (χ4v) is 4.54. The van der Waals surface area contributed by atoms with Crippen LogP contribution in [0.15, 0.2) is 53.4 Å². The number of carbonyl (C=O) groups is 1. The van der Waals surface area contributed by atoms with Crippen molar-refractivity contribution in [1.82, 2.24) is 9.62 Å². The monoisotopic (exact) mass is 372 g/mol. The van der Waals surface area contributed by atoms with Crippen molar-refractivity contribution in [3.05, 3.63) is 65.2 Å². The minimum absolute atomic E-state index is 0.00850. The first kappa shape index (κ1) is 18.6. The first-order valence-corrected chi connectivity index (χ1v) is 10.2. The number of aryl methyl sites for hydroxylation is 1. The summed E-state index contributed by atoms with van der Waals surface area (Å²) in [7, 11) is -1.99. The zero-order valence-corrected chi connectivity index (χ0v) is 16.1. The average molecular weight is 372 g/mol. The Balaban J connectivity index is 1.74. The number of hydrogen-bond acceptors (Lipinski definition) is 3. The molecule has 6 heteroatoms. The van der Waals surface area contributed by atoms with E-state index in [4.69, 9.17) is 0 Å². The van der Waals surface area contributed by atoms with Gasteiger partial charge >= 0.3 is 0 Å². The molecule has 1 atom stereocenters. The predicted octanol–water partition coefficient (Wildman–Crippen LogP) is 3.13. The van der Waals surface area contributed by atoms with Crippen molar-refractivity contribution in [2.75, 3.05) is 7.05 Å². The molecule has 0 radical (unpaired) electrons. The smallest absolute Gasteiger partial charge is 0.251 e. The summed E-state index contributed by atoms with van der Waals surface area (Å²) in [4.78, 5) is 12.7. The Labute approximate surface area is 155 Å². The first-order chi connectivity index (χ1) is 12.3. The second kappa shape index (κ2) is 7.21. The van der Waals surface area contributed by atoms with Crippen LogP contribution in [0.1, 0.15) is 47.8 Å². The molecule has 3 rings (SSSR count). The van der Waals surface area contributed by atoms with Gasteiger partial charge in [-0.15, -0.1) is 0 Å². The van der Waals surface area contributed by atoms with E-state index in [1.807, 2.05) is 32.0 Å². The maximum atomic E-state index is 12.5. The van der Waals surface area contributed by atoms with E-state index in [0.717, 1.165) is 12.8 Å². The largest absolute Gasteiger partial charge is 0.345 e. The lowest BCUT2D eigenvalue weighted by molar-refractivity contribution is 0.0936. The van der Waals surface area contributed by atoms with Gasteiger partial charge in [-0.05, 0) is 62.1 Å². The summed E-state index contributed by atoms with van der Waals surface area (Å²) in [6, 6.07) is 14.1. The summed E-state index contributed by atoms with van der Waals surface area (Å²) in [5.41, 5.74) is 2.90. The van der Waals surface area contributed by atoms with Crippen LogP contribution in [-0.2, 0) is 16.4 Å². The highest BCUT2D eigenvalue weighted by atomic mass is 32.2. The minimum Gasteiger partial charge on any atom is -0.345 e. The molecule has 1 unspecified atom stereocenters. The van der Waals surface area contributed by atoms with Gasteiger partial charge in [0.25, 0.3) is 5.91 Å². The van der Waals surface area contributed by atoms with Crippen LogP contribution in [0.3, 0.4) is 0 Å². The molecule has 0 heterocycles. The Hall–Kier alpha value is -2.18. The summed E-state index contributed by atoms with van der Waals surface area (Å²) < 4.78 is 26.3. The Kier molecular flexibility index (Phi) is 5.16. The van der Waals surface area contributed by atoms with Crippen molar-refractivity contribution in [3.8, 4) is 0 Å². The number of benzene rings is 2. The summed E-state index contributed by atoms with van der Waals surface area (Å²) >= 11 is 0. The Morgan fingerprint density at radius 3 is 2.42 bits per heavy atom. The minimum atomic E-state index is -3.54. The van der Waals surface area contributed by atoms with Gasteiger partial charge in [-0.1, -0.05) is 24.3 Å². The molecule has 1 N–H and O–H groups in total. The van der Waals surface area contributed by atoms with Crippen LogP contribution in [0.2, 0.25) is 0 Å². The maximum Gasteiger partial charge on any atom is 0.251 e. The third kappa shape index (κ3) is 3.52. The third-order valence-corrected chi connectivity index (χ3v) is 7.01. The SMILES string of the molecule is CC(C)N(C)S(=O)(=O)c1ccc(C(=O)NC2CCc3ccccc32)cc1. The van der Waals surface area contributed by atoms with E-state index < -0.39 is 10.0 Å². The second-order valence-electron chi connectivity index (χ2n) is 6.90. The highest BCUT2D eigenvalue weighted by Gasteiger charge is 2.25. The lowest BCUT2D eigenvalue weighted by Gasteiger charge is -2.21. The molecule has 1 aliphatic rings. The molecule has 5 nitrogen and oxygen atoms in total. The van der Waals surface area contributed by atoms with Gasteiger partial charge in [0.2, 0.25) is 10.0 Å². The molecule has 138 valence electrons. The van der Waals surface area contributed by atoms with E-state index >= 15 is 0 Å². The van der Waals surface area contributed by atoms with Crippen molar-refractivity contribution >= 4 is 15.9 Å². The van der Waals surface area contributed by atoms with Gasteiger partial charge in [0.1, 0.15) is 0 Å². The molecule has 26 heavy (non-hydrogen) atoms. The topological polar surface area (TPSA) is 66.5 Å². The lowest BCUT2D eigenvalue weighted by Crippen LogP contribution is -2.33. The Bertz CT molecular complexity index is 905. The number of rotatable bonds is 5. The van der Waals surface area contributed by atoms with Crippen LogP contribution in [-0.4, -0.2) is 31.7 Å². The predicted molar refractivity (Wildman–Crippen MR) is 101 cm³/mol. The Morgan fingerprint density at radius 1 is 1.12 bits per heavy atom. The number of amides is 1. The first-order valence-electron chi connectivity index (χ1n) is 8.77. The number of nitrogens with zero attached hydrogens (tertiary/aromatic N) is 1. The van der Waals surface area contributed by atoms with Gasteiger partial charge < -0.3 is 5.32 Å². The lowest BCUT2D eigenvalue weighted by atomic mass is 10.1. The van der Waals surface area contributed by atoms with Crippen LogP contribution in [0.5, 0.6) is 0 Å². The number of nitrogens with one attached hydrogen (secondary N) is 1. The number of sulfonamides is 1. The highest BCUT2D eigenvalue weighted by molar-refractivity contribution is 7.89. The van der Waals surface area contributed by atoms with Gasteiger partial charge in [-0.2, -0.15) is 4.31 Å². The molecular formula is C20H24N2O3S. The third-order valence-electron chi connectivity index (χ3n) is 4.96. The van der Waals surface area contributed by atoms with Crippen molar-refractivity contribution in [2.24, 2.45) is 0 Å². The fraction of sp³-hybridized carbons (Fsp3) is 0.350. The van der Waals surface area contributed by atoms with E-state index in [1.54, 1.807) is 19.2 Å². The van der Waals surface area contributed by atoms with Crippen LogP contribution >= 0.6 is 0 Å². The Morgan fingerprint density at radius 2 is 1.77 bits per heavy atom. The van der Waals surface area contributed by atoms with Gasteiger partial charge in [0.15, 0.2) is 0 Å². The number of carbonyl (C=O) groups excluding carboxylic acids is 1. The summed E-state index contributed by atoms with van der Waals surface area (Å²) in [6.07, 6.45) is 1.84. The highest BCUT2D eigenvalue weighted by Crippen LogP contribution is 2.31. The van der Waals surface area contributed by atoms with Crippen molar-refractivity contribution in [1.29, 1.82) is 0 Å². The van der Waals surface area contributed by atoms with E-state index in [1.165, 1.54) is 27.6 Å². The zero-order valence-electron chi connectivity index (χ0n) is 15.3. The van der Waals surface area contributed by atoms with Crippen LogP contribution < -0.4 is 5.32 Å². The standard InChI is InChI=1S/C20H24N2O3S/c1-14(2)22(3)26(24,25)17-11-8-16(9-12-17)20(23)21-19-13-10-15-6-4-5-7-18(15)19/h4-9,11-12,14,19H,10,13H2,1-3H3,(H,21,23). The normalized spacial score (nSPS) is 16.7. The van der Waals surface area contributed by atoms with Crippen LogP contribution in [0.25, 0.3) is 0 Å². The molecular weight excluding hydrogens is 348 g/mol. The number of hydrogen-bond donors (Lipinski definition) is 1. The molecule has 0 aliphatic heterocycles. The van der Waals surface area contributed by atoms with E-state index in [9.17, 15) is 13.2 Å². The molecule has 0 bridgehead atoms. The quantitative estimate of drug-likeness (QED) is 0.877. The fourth-order valence-electron chi connectivity index (χ4n) is 3.17. The summed E-state index contributed by atoms with van der Waals surface area (Å²) in [5, 5.41) is 3.05. The van der Waals surface area contributed by atoms with Gasteiger partial charge in [-0.25, -0.2) is 8.42 Å². The van der Waals surface area contributed by atoms with Gasteiger partial charge in [-0.3, -0.25) is 4.79 Å². The van der Waals surface area contributed by atoms with Crippen LogP contribution in [0, 0.1) is 0 Å². The molecule has 0 spiro atoms. The van der Waals surface area contributed by atoms with Crippen molar-refractivity contribution in [3.63, 3.8) is 0 Å². The van der Waals surface area contributed by atoms with Crippen molar-refractivity contribution < 1.29 is 13.2 Å². The zero-order chi connectivity index (χ0) is 18.9. The van der Waals surface area contributed by atoms with E-state index in [2.05, 4.69) is 11.4 Å². The summed E-state index contributed by atoms with van der Waals surface area (Å²) in [5.74, 6) is -0.187. The van der Waals surface area contributed by atoms with E-state index in [-0.39, 0.29) is 22.9 Å². The summed E-state index contributed by atoms with van der Waals surface area (Å²) in [6.45, 7) is 3.64. The average Bonchev–Trinajstić information content (AvgIpc) is 3.04. The van der Waals surface area contributed by atoms with E-state index in [0.29, 0.717) is 5.56 Å². The maximum absolute atomic E-state index is 12.5. The molecule has 0 saturated heterocycles. The molecule has 2 aromatic carbocycles. The second-order valence-corrected chi connectivity index (χ2v) is 8.90. The molecule has 2 aromatic rings. The number of fused-ring (bicyclic) bond motifs is 1. The van der Waals surface area contributed by atoms with Gasteiger partial charge in [0, 0.05) is 18.7 Å². The molecule has 0 aromatic heterocycles. The van der Waals surface area contributed by atoms with Gasteiger partial charge in [0.05, 0.1) is 10.9 Å². The molecule has 1 aliphatic carbocycles. The van der Waals surface area contributed by atoms with Crippen molar-refractivity contribution in [2.45, 2.75) is 43.7 Å². The molecule has 0 fully saturated rings. The molecule has 0 saturated carbocycles.